The van der Waals surface area contributed by atoms with E-state index in [1.807, 2.05) is 73.1 Å². The van der Waals surface area contributed by atoms with Gasteiger partial charge < -0.3 is 9.68 Å². The number of hydrogen-bond acceptors (Lipinski definition) is 4. The SMILES string of the molecule is c1ccc(COn2cc(-c3cnn(OCc4ccccc4)c3)cn2)cc1. The third-order valence-electron chi connectivity index (χ3n) is 3.87. The summed E-state index contributed by atoms with van der Waals surface area (Å²) < 4.78 is 0. The number of nitrogens with zero attached hydrogens (tertiary/aromatic N) is 4. The van der Waals surface area contributed by atoms with Gasteiger partial charge in [-0.15, -0.1) is 19.9 Å². The van der Waals surface area contributed by atoms with Crippen molar-refractivity contribution in [2.75, 3.05) is 0 Å². The zero-order valence-electron chi connectivity index (χ0n) is 14.1. The van der Waals surface area contributed by atoms with E-state index < -0.39 is 0 Å². The van der Waals surface area contributed by atoms with Crippen LogP contribution in [0.2, 0.25) is 0 Å². The van der Waals surface area contributed by atoms with Gasteiger partial charge in [-0.3, -0.25) is 0 Å². The van der Waals surface area contributed by atoms with E-state index in [1.165, 1.54) is 9.69 Å². The van der Waals surface area contributed by atoms with Gasteiger partial charge >= 0.3 is 0 Å². The number of rotatable bonds is 7. The van der Waals surface area contributed by atoms with E-state index in [-0.39, 0.29) is 0 Å². The summed E-state index contributed by atoms with van der Waals surface area (Å²) in [6, 6.07) is 19.9. The third kappa shape index (κ3) is 3.92. The molecule has 0 aliphatic heterocycles. The van der Waals surface area contributed by atoms with E-state index in [0.29, 0.717) is 13.2 Å². The summed E-state index contributed by atoms with van der Waals surface area (Å²) >= 11 is 0. The molecule has 26 heavy (non-hydrogen) atoms. The van der Waals surface area contributed by atoms with Gasteiger partial charge in [-0.1, -0.05) is 60.7 Å². The van der Waals surface area contributed by atoms with Gasteiger partial charge in [-0.25, -0.2) is 0 Å². The minimum absolute atomic E-state index is 0.460. The molecule has 0 saturated carbocycles. The van der Waals surface area contributed by atoms with E-state index >= 15 is 0 Å². The van der Waals surface area contributed by atoms with Gasteiger partial charge in [0.05, 0.1) is 24.8 Å². The first-order valence-electron chi connectivity index (χ1n) is 8.31. The van der Waals surface area contributed by atoms with Crippen LogP contribution in [-0.4, -0.2) is 19.9 Å². The molecule has 2 aromatic carbocycles. The van der Waals surface area contributed by atoms with Crippen molar-refractivity contribution < 1.29 is 9.68 Å². The van der Waals surface area contributed by atoms with Crippen LogP contribution in [0.25, 0.3) is 11.1 Å². The van der Waals surface area contributed by atoms with Crippen LogP contribution in [0.1, 0.15) is 11.1 Å². The topological polar surface area (TPSA) is 54.1 Å². The smallest absolute Gasteiger partial charge is 0.142 e. The fourth-order valence-electron chi connectivity index (χ4n) is 2.48. The van der Waals surface area contributed by atoms with Gasteiger partial charge in [0.15, 0.2) is 0 Å². The first-order valence-corrected chi connectivity index (χ1v) is 8.31. The van der Waals surface area contributed by atoms with E-state index in [0.717, 1.165) is 22.3 Å². The first kappa shape index (κ1) is 16.0. The monoisotopic (exact) mass is 346 g/mol. The molecule has 0 spiro atoms. The average Bonchev–Trinajstić information content (AvgIpc) is 3.36. The maximum Gasteiger partial charge on any atom is 0.142 e. The van der Waals surface area contributed by atoms with E-state index in [4.69, 9.17) is 9.68 Å². The fourth-order valence-corrected chi connectivity index (χ4v) is 2.48. The second kappa shape index (κ2) is 7.57. The molecule has 0 fully saturated rings. The molecular formula is C20H18N4O2. The molecule has 130 valence electrons. The molecule has 6 nitrogen and oxygen atoms in total. The van der Waals surface area contributed by atoms with Gasteiger partial charge in [-0.05, 0) is 11.1 Å². The Kier molecular flexibility index (Phi) is 4.64. The summed E-state index contributed by atoms with van der Waals surface area (Å²) in [4.78, 5) is 14.2. The Labute approximate surface area is 151 Å². The largest absolute Gasteiger partial charge is 0.392 e. The normalized spacial score (nSPS) is 10.6. The molecule has 0 aliphatic rings. The Bertz CT molecular complexity index is 868. The summed E-state index contributed by atoms with van der Waals surface area (Å²) in [5.41, 5.74) is 4.00. The molecule has 0 N–H and O–H groups in total. The zero-order chi connectivity index (χ0) is 17.6. The standard InChI is InChI=1S/C20H18N4O2/c1-3-7-17(8-4-1)15-25-23-13-19(11-21-23)20-12-22-24(14-20)26-16-18-9-5-2-6-10-18/h1-14H,15-16H2. The van der Waals surface area contributed by atoms with Crippen molar-refractivity contribution in [2.24, 2.45) is 0 Å². The molecule has 2 aromatic heterocycles. The zero-order valence-corrected chi connectivity index (χ0v) is 14.1. The highest BCUT2D eigenvalue weighted by Gasteiger charge is 2.06. The molecule has 0 bridgehead atoms. The molecule has 0 amide bonds. The van der Waals surface area contributed by atoms with Crippen LogP contribution in [0.3, 0.4) is 0 Å². The highest BCUT2D eigenvalue weighted by molar-refractivity contribution is 5.59. The van der Waals surface area contributed by atoms with Gasteiger partial charge in [-0.2, -0.15) is 0 Å². The van der Waals surface area contributed by atoms with Gasteiger partial charge in [0, 0.05) is 11.1 Å². The van der Waals surface area contributed by atoms with Crippen LogP contribution in [-0.2, 0) is 13.2 Å². The Balaban J connectivity index is 1.36. The van der Waals surface area contributed by atoms with Crippen LogP contribution in [0, 0.1) is 0 Å². The lowest BCUT2D eigenvalue weighted by molar-refractivity contribution is 0.0698. The van der Waals surface area contributed by atoms with Crippen molar-refractivity contribution >= 4 is 0 Å². The minimum Gasteiger partial charge on any atom is -0.392 e. The van der Waals surface area contributed by atoms with Crippen molar-refractivity contribution in [1.29, 1.82) is 0 Å². The van der Waals surface area contributed by atoms with Crippen molar-refractivity contribution in [2.45, 2.75) is 13.2 Å². The number of aromatic nitrogens is 4. The van der Waals surface area contributed by atoms with E-state index in [2.05, 4.69) is 10.2 Å². The van der Waals surface area contributed by atoms with Gasteiger partial charge in [0.1, 0.15) is 13.2 Å². The van der Waals surface area contributed by atoms with Crippen LogP contribution in [0.5, 0.6) is 0 Å². The van der Waals surface area contributed by atoms with Crippen LogP contribution in [0.15, 0.2) is 85.5 Å². The maximum absolute atomic E-state index is 5.65. The average molecular weight is 346 g/mol. The Morgan fingerprint density at radius 1 is 0.615 bits per heavy atom. The van der Waals surface area contributed by atoms with Gasteiger partial charge in [0.2, 0.25) is 0 Å². The van der Waals surface area contributed by atoms with E-state index in [1.54, 1.807) is 12.4 Å². The van der Waals surface area contributed by atoms with Gasteiger partial charge in [0.25, 0.3) is 0 Å². The maximum atomic E-state index is 5.65. The molecule has 2 heterocycles. The van der Waals surface area contributed by atoms with Crippen molar-refractivity contribution in [1.82, 2.24) is 19.9 Å². The lowest BCUT2D eigenvalue weighted by Gasteiger charge is -2.04. The molecule has 4 rings (SSSR count). The molecule has 0 atom stereocenters. The van der Waals surface area contributed by atoms with Crippen molar-refractivity contribution in [3.8, 4) is 11.1 Å². The molecule has 6 heteroatoms. The summed E-state index contributed by atoms with van der Waals surface area (Å²) in [5.74, 6) is 0. The second-order valence-corrected chi connectivity index (χ2v) is 5.78. The highest BCUT2D eigenvalue weighted by Crippen LogP contribution is 2.17. The summed E-state index contributed by atoms with van der Waals surface area (Å²) in [6.45, 7) is 0.919. The molecule has 0 unspecified atom stereocenters. The minimum atomic E-state index is 0.460. The fraction of sp³-hybridized carbons (Fsp3) is 0.100. The quantitative estimate of drug-likeness (QED) is 0.516. The summed E-state index contributed by atoms with van der Waals surface area (Å²) in [5, 5.41) is 8.45. The molecule has 4 aromatic rings. The molecule has 0 saturated heterocycles. The predicted molar refractivity (Wildman–Crippen MR) is 96.9 cm³/mol. The second-order valence-electron chi connectivity index (χ2n) is 5.78. The number of benzene rings is 2. The number of hydrogen-bond donors (Lipinski definition) is 0. The predicted octanol–water partition coefficient (Wildman–Crippen LogP) is 3.00. The van der Waals surface area contributed by atoms with Crippen LogP contribution in [0.4, 0.5) is 0 Å². The third-order valence-corrected chi connectivity index (χ3v) is 3.87. The highest BCUT2D eigenvalue weighted by atomic mass is 16.7. The lowest BCUT2D eigenvalue weighted by atomic mass is 10.2. The molecular weight excluding hydrogens is 328 g/mol. The Hall–Kier alpha value is -3.54. The Morgan fingerprint density at radius 2 is 1.04 bits per heavy atom. The van der Waals surface area contributed by atoms with Crippen molar-refractivity contribution in [3.05, 3.63) is 96.6 Å². The summed E-state index contributed by atoms with van der Waals surface area (Å²) in [6.07, 6.45) is 7.12. The lowest BCUT2D eigenvalue weighted by Crippen LogP contribution is -2.11. The van der Waals surface area contributed by atoms with Crippen LogP contribution < -0.4 is 9.68 Å². The summed E-state index contributed by atoms with van der Waals surface area (Å²) in [7, 11) is 0. The van der Waals surface area contributed by atoms with Crippen molar-refractivity contribution in [3.63, 3.8) is 0 Å². The van der Waals surface area contributed by atoms with Crippen LogP contribution >= 0.6 is 0 Å². The van der Waals surface area contributed by atoms with E-state index in [9.17, 15) is 0 Å². The molecule has 0 radical (unpaired) electrons. The molecule has 0 aliphatic carbocycles. The first-order chi connectivity index (χ1) is 12.9. The Morgan fingerprint density at radius 3 is 1.46 bits per heavy atom.